The summed E-state index contributed by atoms with van der Waals surface area (Å²) in [6, 6.07) is 5.62. The lowest BCUT2D eigenvalue weighted by molar-refractivity contribution is -0.124. The molecule has 2 rings (SSSR count). The van der Waals surface area contributed by atoms with Crippen LogP contribution >= 0.6 is 0 Å². The number of nitrogens with one attached hydrogen (secondary N) is 1. The summed E-state index contributed by atoms with van der Waals surface area (Å²) in [5.74, 6) is 0.950. The van der Waals surface area contributed by atoms with Gasteiger partial charge in [0.15, 0.2) is 0 Å². The van der Waals surface area contributed by atoms with Crippen molar-refractivity contribution < 1.29 is 14.3 Å². The Morgan fingerprint density at radius 1 is 1.32 bits per heavy atom. The van der Waals surface area contributed by atoms with E-state index in [0.29, 0.717) is 26.4 Å². The molecule has 0 bridgehead atoms. The molecule has 1 heterocycles. The second-order valence-electron chi connectivity index (χ2n) is 5.94. The summed E-state index contributed by atoms with van der Waals surface area (Å²) < 4.78 is 11.0. The summed E-state index contributed by atoms with van der Waals surface area (Å²) in [6.45, 7) is 6.36. The molecular weight excluding hydrogens is 280 g/mol. The Morgan fingerprint density at radius 2 is 1.95 bits per heavy atom. The first-order chi connectivity index (χ1) is 10.6. The molecule has 1 fully saturated rings. The van der Waals surface area contributed by atoms with Gasteiger partial charge in [-0.15, -0.1) is 0 Å². The molecule has 1 atom stereocenters. The van der Waals surface area contributed by atoms with E-state index in [1.807, 2.05) is 26.0 Å². The second kappa shape index (κ2) is 8.15. The number of nitrogens with two attached hydrogens (primary N) is 1. The molecule has 1 aromatic rings. The van der Waals surface area contributed by atoms with Gasteiger partial charge in [-0.25, -0.2) is 0 Å². The van der Waals surface area contributed by atoms with Crippen LogP contribution in [0.5, 0.6) is 5.75 Å². The number of hydrogen-bond acceptors (Lipinski definition) is 4. The van der Waals surface area contributed by atoms with Crippen molar-refractivity contribution in [1.82, 2.24) is 5.32 Å². The van der Waals surface area contributed by atoms with Crippen molar-refractivity contribution in [3.63, 3.8) is 0 Å². The van der Waals surface area contributed by atoms with Gasteiger partial charge in [0.25, 0.3) is 0 Å². The number of ether oxygens (including phenoxy) is 2. The van der Waals surface area contributed by atoms with Gasteiger partial charge in [0.05, 0.1) is 12.6 Å². The Balaban J connectivity index is 1.70. The Morgan fingerprint density at radius 3 is 2.59 bits per heavy atom. The molecule has 0 saturated carbocycles. The molecule has 0 aliphatic carbocycles. The number of amides is 1. The zero-order valence-corrected chi connectivity index (χ0v) is 13.4. The predicted molar refractivity (Wildman–Crippen MR) is 85.9 cm³/mol. The zero-order chi connectivity index (χ0) is 15.9. The number of carbonyl (C=O) groups excluding carboxylic acids is 1. The van der Waals surface area contributed by atoms with E-state index in [4.69, 9.17) is 15.2 Å². The molecule has 22 heavy (non-hydrogen) atoms. The highest BCUT2D eigenvalue weighted by Gasteiger charge is 2.26. The van der Waals surface area contributed by atoms with E-state index in [0.717, 1.165) is 18.6 Å². The lowest BCUT2D eigenvalue weighted by Gasteiger charge is -2.26. The van der Waals surface area contributed by atoms with Crippen molar-refractivity contribution in [3.8, 4) is 5.75 Å². The fraction of sp³-hybridized carbons (Fsp3) is 0.588. The Bertz CT molecular complexity index is 478. The van der Waals surface area contributed by atoms with E-state index in [2.05, 4.69) is 11.4 Å². The smallest absolute Gasteiger partial charge is 0.237 e. The van der Waals surface area contributed by atoms with E-state index in [-0.39, 0.29) is 11.8 Å². The van der Waals surface area contributed by atoms with Crippen LogP contribution in [0.1, 0.15) is 24.0 Å². The molecule has 5 heteroatoms. The predicted octanol–water partition coefficient (Wildman–Crippen LogP) is 1.55. The van der Waals surface area contributed by atoms with Gasteiger partial charge in [-0.1, -0.05) is 6.07 Å². The third kappa shape index (κ3) is 5.00. The van der Waals surface area contributed by atoms with Crippen molar-refractivity contribution in [3.05, 3.63) is 29.3 Å². The fourth-order valence-corrected chi connectivity index (χ4v) is 2.77. The van der Waals surface area contributed by atoms with Crippen LogP contribution in [-0.4, -0.2) is 38.3 Å². The lowest BCUT2D eigenvalue weighted by atomic mass is 9.92. The van der Waals surface area contributed by atoms with Gasteiger partial charge in [-0.3, -0.25) is 4.79 Å². The van der Waals surface area contributed by atoms with Gasteiger partial charge < -0.3 is 20.5 Å². The van der Waals surface area contributed by atoms with Crippen molar-refractivity contribution in [1.29, 1.82) is 0 Å². The molecule has 1 aliphatic rings. The fourth-order valence-electron chi connectivity index (χ4n) is 2.77. The van der Waals surface area contributed by atoms with Crippen LogP contribution < -0.4 is 15.8 Å². The molecule has 1 saturated heterocycles. The highest BCUT2D eigenvalue weighted by Crippen LogP contribution is 2.18. The molecule has 0 aromatic heterocycles. The minimum atomic E-state index is -0.454. The second-order valence-corrected chi connectivity index (χ2v) is 5.94. The molecule has 5 nitrogen and oxygen atoms in total. The molecule has 1 aliphatic heterocycles. The summed E-state index contributed by atoms with van der Waals surface area (Å²) in [7, 11) is 0. The molecule has 122 valence electrons. The standard InChI is InChI=1S/C17H26N2O3/c1-12-9-13(2)11-15(10-12)22-8-5-19-17(20)16(18)14-3-6-21-7-4-14/h9-11,14,16H,3-8,18H2,1-2H3,(H,19,20). The van der Waals surface area contributed by atoms with Crippen molar-refractivity contribution in [2.24, 2.45) is 11.7 Å². The van der Waals surface area contributed by atoms with Gasteiger partial charge in [-0.2, -0.15) is 0 Å². The van der Waals surface area contributed by atoms with Crippen molar-refractivity contribution in [2.75, 3.05) is 26.4 Å². The van der Waals surface area contributed by atoms with Crippen molar-refractivity contribution in [2.45, 2.75) is 32.7 Å². The van der Waals surface area contributed by atoms with Crippen LogP contribution in [0, 0.1) is 19.8 Å². The maximum Gasteiger partial charge on any atom is 0.237 e. The molecular formula is C17H26N2O3. The van der Waals surface area contributed by atoms with Gasteiger partial charge in [0, 0.05) is 13.2 Å². The summed E-state index contributed by atoms with van der Waals surface area (Å²) in [6.07, 6.45) is 1.71. The van der Waals surface area contributed by atoms with Crippen LogP contribution in [0.15, 0.2) is 18.2 Å². The monoisotopic (exact) mass is 306 g/mol. The van der Waals surface area contributed by atoms with Gasteiger partial charge >= 0.3 is 0 Å². The Labute approximate surface area is 132 Å². The van der Waals surface area contributed by atoms with Gasteiger partial charge in [0.1, 0.15) is 12.4 Å². The minimum absolute atomic E-state index is 0.101. The van der Waals surface area contributed by atoms with E-state index < -0.39 is 6.04 Å². The Hall–Kier alpha value is -1.59. The SMILES string of the molecule is Cc1cc(C)cc(OCCNC(=O)C(N)C2CCOCC2)c1. The Kier molecular flexibility index (Phi) is 6.21. The quantitative estimate of drug-likeness (QED) is 0.782. The molecule has 0 spiro atoms. The van der Waals surface area contributed by atoms with E-state index >= 15 is 0 Å². The van der Waals surface area contributed by atoms with Crippen LogP contribution in [0.25, 0.3) is 0 Å². The lowest BCUT2D eigenvalue weighted by Crippen LogP contribution is -2.47. The molecule has 1 aromatic carbocycles. The van der Waals surface area contributed by atoms with Gasteiger partial charge in [0.2, 0.25) is 5.91 Å². The molecule has 1 unspecified atom stereocenters. The summed E-state index contributed by atoms with van der Waals surface area (Å²) >= 11 is 0. The minimum Gasteiger partial charge on any atom is -0.492 e. The maximum absolute atomic E-state index is 12.0. The summed E-state index contributed by atoms with van der Waals surface area (Å²) in [5.41, 5.74) is 8.35. The number of aryl methyl sites for hydroxylation is 2. The average molecular weight is 306 g/mol. The largest absolute Gasteiger partial charge is 0.492 e. The normalized spacial score (nSPS) is 17.0. The van der Waals surface area contributed by atoms with Crippen LogP contribution in [0.4, 0.5) is 0 Å². The van der Waals surface area contributed by atoms with Gasteiger partial charge in [-0.05, 0) is 55.9 Å². The zero-order valence-electron chi connectivity index (χ0n) is 13.4. The number of hydrogen-bond donors (Lipinski definition) is 2. The first kappa shape index (κ1) is 16.8. The van der Waals surface area contributed by atoms with Crippen LogP contribution in [0.3, 0.4) is 0 Å². The number of carbonyl (C=O) groups is 1. The first-order valence-electron chi connectivity index (χ1n) is 7.88. The first-order valence-corrected chi connectivity index (χ1v) is 7.88. The van der Waals surface area contributed by atoms with E-state index in [1.165, 1.54) is 11.1 Å². The highest BCUT2D eigenvalue weighted by atomic mass is 16.5. The van der Waals surface area contributed by atoms with Crippen LogP contribution in [-0.2, 0) is 9.53 Å². The van der Waals surface area contributed by atoms with Crippen molar-refractivity contribution >= 4 is 5.91 Å². The van der Waals surface area contributed by atoms with E-state index in [9.17, 15) is 4.79 Å². The molecule has 3 N–H and O–H groups in total. The van der Waals surface area contributed by atoms with E-state index in [1.54, 1.807) is 0 Å². The maximum atomic E-state index is 12.0. The molecule has 0 radical (unpaired) electrons. The third-order valence-corrected chi connectivity index (χ3v) is 3.94. The molecule has 1 amide bonds. The topological polar surface area (TPSA) is 73.6 Å². The number of rotatable bonds is 6. The average Bonchev–Trinajstić information content (AvgIpc) is 2.50. The number of benzene rings is 1. The van der Waals surface area contributed by atoms with Crippen LogP contribution in [0.2, 0.25) is 0 Å². The summed E-state index contributed by atoms with van der Waals surface area (Å²) in [5, 5.41) is 2.85. The highest BCUT2D eigenvalue weighted by molar-refractivity contribution is 5.81. The summed E-state index contributed by atoms with van der Waals surface area (Å²) in [4.78, 5) is 12.0. The third-order valence-electron chi connectivity index (χ3n) is 3.94.